The van der Waals surface area contributed by atoms with Crippen LogP contribution in [0.4, 0.5) is 23.0 Å². The van der Waals surface area contributed by atoms with E-state index in [2.05, 4.69) is 25.6 Å². The molecule has 0 aliphatic rings. The van der Waals surface area contributed by atoms with Crippen molar-refractivity contribution in [2.75, 3.05) is 16.4 Å². The third-order valence-electron chi connectivity index (χ3n) is 3.13. The van der Waals surface area contributed by atoms with E-state index in [1.54, 1.807) is 12.4 Å². The zero-order chi connectivity index (χ0) is 15.2. The minimum absolute atomic E-state index is 0.482. The van der Waals surface area contributed by atoms with Crippen LogP contribution in [0.25, 0.3) is 0 Å². The molecular weight excluding hydrogens is 276 g/mol. The van der Waals surface area contributed by atoms with Crippen molar-refractivity contribution in [1.82, 2.24) is 15.0 Å². The van der Waals surface area contributed by atoms with Crippen LogP contribution in [0, 0.1) is 0 Å². The number of benzene rings is 1. The molecule has 4 N–H and O–H groups in total. The average Bonchev–Trinajstić information content (AvgIpc) is 2.58. The zero-order valence-electron chi connectivity index (χ0n) is 11.9. The lowest BCUT2D eigenvalue weighted by atomic mass is 10.2. The number of hydrogen-bond acceptors (Lipinski definition) is 6. The van der Waals surface area contributed by atoms with Crippen LogP contribution in [0.15, 0.2) is 61.2 Å². The summed E-state index contributed by atoms with van der Waals surface area (Å²) >= 11 is 0. The van der Waals surface area contributed by atoms with Gasteiger partial charge in [-0.25, -0.2) is 9.97 Å². The third kappa shape index (κ3) is 3.29. The van der Waals surface area contributed by atoms with Crippen LogP contribution >= 0.6 is 0 Å². The number of nitrogens with one attached hydrogen (secondary N) is 2. The van der Waals surface area contributed by atoms with Crippen molar-refractivity contribution in [2.45, 2.75) is 6.54 Å². The summed E-state index contributed by atoms with van der Waals surface area (Å²) in [6.07, 6.45) is 4.88. The van der Waals surface area contributed by atoms with Crippen molar-refractivity contribution in [1.29, 1.82) is 0 Å². The van der Waals surface area contributed by atoms with Crippen LogP contribution in [0.5, 0.6) is 0 Å². The lowest BCUT2D eigenvalue weighted by Crippen LogP contribution is -2.08. The fourth-order valence-electron chi connectivity index (χ4n) is 1.99. The van der Waals surface area contributed by atoms with E-state index < -0.39 is 0 Å². The van der Waals surface area contributed by atoms with E-state index in [-0.39, 0.29) is 0 Å². The number of nitrogen functional groups attached to an aromatic ring is 1. The van der Waals surface area contributed by atoms with E-state index in [1.165, 1.54) is 6.33 Å². The molecule has 0 amide bonds. The summed E-state index contributed by atoms with van der Waals surface area (Å²) in [4.78, 5) is 12.4. The van der Waals surface area contributed by atoms with E-state index in [0.29, 0.717) is 23.9 Å². The highest BCUT2D eigenvalue weighted by Crippen LogP contribution is 2.25. The topological polar surface area (TPSA) is 88.8 Å². The molecule has 0 atom stereocenters. The van der Waals surface area contributed by atoms with Crippen LogP contribution < -0.4 is 16.4 Å². The first-order valence-corrected chi connectivity index (χ1v) is 6.88. The normalized spacial score (nSPS) is 10.2. The van der Waals surface area contributed by atoms with Gasteiger partial charge in [-0.3, -0.25) is 4.98 Å². The Labute approximate surface area is 128 Å². The van der Waals surface area contributed by atoms with E-state index in [4.69, 9.17) is 5.73 Å². The fraction of sp³-hybridized carbons (Fsp3) is 0.0625. The summed E-state index contributed by atoms with van der Waals surface area (Å²) < 4.78 is 0. The molecule has 0 unspecified atom stereocenters. The van der Waals surface area contributed by atoms with Crippen LogP contribution in [0.1, 0.15) is 5.56 Å². The third-order valence-corrected chi connectivity index (χ3v) is 3.13. The highest BCUT2D eigenvalue weighted by molar-refractivity contribution is 5.77. The van der Waals surface area contributed by atoms with Gasteiger partial charge in [-0.15, -0.1) is 0 Å². The number of rotatable bonds is 5. The summed E-state index contributed by atoms with van der Waals surface area (Å²) in [5, 5.41) is 6.38. The fourth-order valence-corrected chi connectivity index (χ4v) is 1.99. The number of anilines is 4. The first-order valence-electron chi connectivity index (χ1n) is 6.88. The highest BCUT2D eigenvalue weighted by atomic mass is 15.1. The molecular formula is C16H16N6. The molecule has 1 aromatic carbocycles. The van der Waals surface area contributed by atoms with E-state index >= 15 is 0 Å². The standard InChI is InChI=1S/C16H16N6/c17-14-15(19-10-12-4-2-1-3-5-12)20-11-21-16(14)22-13-6-8-18-9-7-13/h1-9,11H,10,17H2,(H2,18,19,20,21,22). The van der Waals surface area contributed by atoms with E-state index in [9.17, 15) is 0 Å². The quantitative estimate of drug-likeness (QED) is 0.670. The molecule has 2 heterocycles. The van der Waals surface area contributed by atoms with Crippen molar-refractivity contribution in [3.8, 4) is 0 Å². The monoisotopic (exact) mass is 292 g/mol. The van der Waals surface area contributed by atoms with Crippen molar-refractivity contribution in [3.05, 3.63) is 66.7 Å². The summed E-state index contributed by atoms with van der Waals surface area (Å²) in [6.45, 7) is 0.650. The van der Waals surface area contributed by atoms with Gasteiger partial charge in [-0.2, -0.15) is 0 Å². The maximum Gasteiger partial charge on any atom is 0.159 e. The van der Waals surface area contributed by atoms with Gasteiger partial charge in [0, 0.05) is 24.6 Å². The van der Waals surface area contributed by atoms with Gasteiger partial charge >= 0.3 is 0 Å². The maximum atomic E-state index is 6.13. The van der Waals surface area contributed by atoms with Gasteiger partial charge in [0.25, 0.3) is 0 Å². The number of hydrogen-bond donors (Lipinski definition) is 3. The van der Waals surface area contributed by atoms with Gasteiger partial charge < -0.3 is 16.4 Å². The molecule has 0 saturated heterocycles. The molecule has 3 rings (SSSR count). The maximum absolute atomic E-state index is 6.13. The Kier molecular flexibility index (Phi) is 4.10. The molecule has 6 nitrogen and oxygen atoms in total. The van der Waals surface area contributed by atoms with E-state index in [1.807, 2.05) is 42.5 Å². The van der Waals surface area contributed by atoms with Gasteiger partial charge in [0.05, 0.1) is 0 Å². The molecule has 0 bridgehead atoms. The van der Waals surface area contributed by atoms with Gasteiger partial charge in [0.2, 0.25) is 0 Å². The van der Waals surface area contributed by atoms with Crippen molar-refractivity contribution >= 4 is 23.0 Å². The zero-order valence-corrected chi connectivity index (χ0v) is 11.9. The Balaban J connectivity index is 1.74. The number of nitrogens with two attached hydrogens (primary N) is 1. The lowest BCUT2D eigenvalue weighted by molar-refractivity contribution is 1.09. The van der Waals surface area contributed by atoms with Gasteiger partial charge in [0.15, 0.2) is 11.6 Å². The Hall–Kier alpha value is -3.15. The predicted octanol–water partition coefficient (Wildman–Crippen LogP) is 2.81. The molecule has 0 fully saturated rings. The first-order chi connectivity index (χ1) is 10.8. The van der Waals surface area contributed by atoms with Crippen LogP contribution in [0.3, 0.4) is 0 Å². The summed E-state index contributed by atoms with van der Waals surface area (Å²) in [6, 6.07) is 13.8. The number of aromatic nitrogens is 3. The predicted molar refractivity (Wildman–Crippen MR) is 87.7 cm³/mol. The molecule has 0 saturated carbocycles. The summed E-state index contributed by atoms with van der Waals surface area (Å²) in [7, 11) is 0. The second kappa shape index (κ2) is 6.53. The molecule has 0 aliphatic heterocycles. The Morgan fingerprint density at radius 1 is 0.909 bits per heavy atom. The van der Waals surface area contributed by atoms with Gasteiger partial charge in [-0.05, 0) is 17.7 Å². The Morgan fingerprint density at radius 3 is 2.41 bits per heavy atom. The van der Waals surface area contributed by atoms with Crippen molar-refractivity contribution in [3.63, 3.8) is 0 Å². The van der Waals surface area contributed by atoms with Gasteiger partial charge in [0.1, 0.15) is 12.0 Å². The Morgan fingerprint density at radius 2 is 1.64 bits per heavy atom. The number of pyridine rings is 1. The first kappa shape index (κ1) is 13.8. The second-order valence-electron chi connectivity index (χ2n) is 4.68. The summed E-state index contributed by atoms with van der Waals surface area (Å²) in [5.41, 5.74) is 8.64. The van der Waals surface area contributed by atoms with Crippen LogP contribution in [-0.4, -0.2) is 15.0 Å². The molecule has 0 spiro atoms. The SMILES string of the molecule is Nc1c(NCc2ccccc2)ncnc1Nc1ccncc1. The van der Waals surface area contributed by atoms with Crippen LogP contribution in [0.2, 0.25) is 0 Å². The molecule has 3 aromatic rings. The van der Waals surface area contributed by atoms with Gasteiger partial charge in [-0.1, -0.05) is 30.3 Å². The molecule has 0 aliphatic carbocycles. The largest absolute Gasteiger partial charge is 0.393 e. The molecule has 0 radical (unpaired) electrons. The molecule has 22 heavy (non-hydrogen) atoms. The minimum atomic E-state index is 0.482. The van der Waals surface area contributed by atoms with Crippen molar-refractivity contribution in [2.24, 2.45) is 0 Å². The lowest BCUT2D eigenvalue weighted by Gasteiger charge is -2.12. The number of nitrogens with zero attached hydrogens (tertiary/aromatic N) is 3. The smallest absolute Gasteiger partial charge is 0.159 e. The molecule has 110 valence electrons. The summed E-state index contributed by atoms with van der Waals surface area (Å²) in [5.74, 6) is 1.17. The molecule has 6 heteroatoms. The van der Waals surface area contributed by atoms with Crippen LogP contribution in [-0.2, 0) is 6.54 Å². The van der Waals surface area contributed by atoms with E-state index in [0.717, 1.165) is 11.3 Å². The molecule has 2 aromatic heterocycles. The Bertz CT molecular complexity index is 730. The second-order valence-corrected chi connectivity index (χ2v) is 4.68. The van der Waals surface area contributed by atoms with Crippen molar-refractivity contribution < 1.29 is 0 Å². The highest BCUT2D eigenvalue weighted by Gasteiger charge is 2.08. The minimum Gasteiger partial charge on any atom is -0.393 e. The average molecular weight is 292 g/mol.